The van der Waals surface area contributed by atoms with Gasteiger partial charge < -0.3 is 15.0 Å². The lowest BCUT2D eigenvalue weighted by Gasteiger charge is -2.24. The number of imidazole rings is 1. The Labute approximate surface area is 185 Å². The first-order valence-corrected chi connectivity index (χ1v) is 10.4. The molecule has 1 saturated heterocycles. The van der Waals surface area contributed by atoms with Gasteiger partial charge in [0.15, 0.2) is 5.96 Å². The van der Waals surface area contributed by atoms with Crippen LogP contribution in [-0.4, -0.2) is 59.0 Å². The van der Waals surface area contributed by atoms with Crippen molar-refractivity contribution < 1.29 is 0 Å². The minimum Gasteiger partial charge on any atom is -0.356 e. The van der Waals surface area contributed by atoms with Gasteiger partial charge in [-0.25, -0.2) is 4.98 Å². The van der Waals surface area contributed by atoms with Gasteiger partial charge in [0.05, 0.1) is 5.69 Å². The van der Waals surface area contributed by atoms with Crippen LogP contribution in [0.25, 0.3) is 5.65 Å². The van der Waals surface area contributed by atoms with Crippen LogP contribution in [0.4, 0.5) is 0 Å². The van der Waals surface area contributed by atoms with Crippen molar-refractivity contribution >= 4 is 35.6 Å². The molecule has 0 spiro atoms. The van der Waals surface area contributed by atoms with Gasteiger partial charge in [0.1, 0.15) is 5.65 Å². The molecular formula is C21H33IN6. The Morgan fingerprint density at radius 2 is 2.11 bits per heavy atom. The molecule has 0 bridgehead atoms. The van der Waals surface area contributed by atoms with Gasteiger partial charge in [-0.1, -0.05) is 18.9 Å². The summed E-state index contributed by atoms with van der Waals surface area (Å²) < 4.78 is 2.11. The monoisotopic (exact) mass is 496 g/mol. The van der Waals surface area contributed by atoms with Crippen LogP contribution in [0.1, 0.15) is 43.4 Å². The summed E-state index contributed by atoms with van der Waals surface area (Å²) in [5, 5.41) is 7.07. The molecule has 2 aromatic heterocycles. The first-order chi connectivity index (χ1) is 13.2. The van der Waals surface area contributed by atoms with Gasteiger partial charge in [-0.05, 0) is 37.8 Å². The number of nitrogens with zero attached hydrogens (tertiary/aromatic N) is 4. The van der Waals surface area contributed by atoms with Crippen molar-refractivity contribution in [1.29, 1.82) is 0 Å². The highest BCUT2D eigenvalue weighted by molar-refractivity contribution is 14.0. The van der Waals surface area contributed by atoms with E-state index in [1.54, 1.807) is 0 Å². The molecule has 2 N–H and O–H groups in total. The molecule has 0 radical (unpaired) electrons. The minimum atomic E-state index is 0. The number of pyridine rings is 1. The van der Waals surface area contributed by atoms with E-state index >= 15 is 0 Å². The van der Waals surface area contributed by atoms with Crippen LogP contribution in [-0.2, 0) is 6.42 Å². The lowest BCUT2D eigenvalue weighted by molar-refractivity contribution is 0.242. The normalized spacial score (nSPS) is 21.2. The number of likely N-dealkylation sites (tertiary alicyclic amines) is 1. The third-order valence-electron chi connectivity index (χ3n) is 6.03. The fourth-order valence-corrected chi connectivity index (χ4v) is 4.53. The first kappa shape index (κ1) is 21.4. The lowest BCUT2D eigenvalue weighted by atomic mass is 10.2. The van der Waals surface area contributed by atoms with Crippen molar-refractivity contribution in [2.24, 2.45) is 4.99 Å². The third kappa shape index (κ3) is 4.97. The molecule has 154 valence electrons. The summed E-state index contributed by atoms with van der Waals surface area (Å²) in [4.78, 5) is 11.8. The van der Waals surface area contributed by atoms with E-state index in [1.165, 1.54) is 44.2 Å². The van der Waals surface area contributed by atoms with Crippen molar-refractivity contribution in [3.8, 4) is 0 Å². The molecule has 0 aromatic carbocycles. The summed E-state index contributed by atoms with van der Waals surface area (Å²) in [6, 6.07) is 5.50. The van der Waals surface area contributed by atoms with Gasteiger partial charge in [-0.3, -0.25) is 9.89 Å². The second-order valence-corrected chi connectivity index (χ2v) is 7.97. The number of nitrogens with one attached hydrogen (secondary N) is 2. The van der Waals surface area contributed by atoms with Crippen LogP contribution in [0.15, 0.2) is 29.5 Å². The summed E-state index contributed by atoms with van der Waals surface area (Å²) in [7, 11) is 1.85. The second-order valence-electron chi connectivity index (χ2n) is 7.97. The Morgan fingerprint density at radius 1 is 1.29 bits per heavy atom. The van der Waals surface area contributed by atoms with Gasteiger partial charge in [-0.2, -0.15) is 0 Å². The highest BCUT2D eigenvalue weighted by Crippen LogP contribution is 2.26. The van der Waals surface area contributed by atoms with Crippen LogP contribution in [0.2, 0.25) is 0 Å². The molecule has 6 nitrogen and oxygen atoms in total. The molecular weight excluding hydrogens is 463 g/mol. The predicted octanol–water partition coefficient (Wildman–Crippen LogP) is 2.99. The molecule has 0 amide bonds. The quantitative estimate of drug-likeness (QED) is 0.380. The highest BCUT2D eigenvalue weighted by Gasteiger charge is 2.30. The number of rotatable bonds is 5. The summed E-state index contributed by atoms with van der Waals surface area (Å²) in [5.74, 6) is 0.910. The van der Waals surface area contributed by atoms with E-state index in [4.69, 9.17) is 4.98 Å². The largest absolute Gasteiger partial charge is 0.356 e. The summed E-state index contributed by atoms with van der Waals surface area (Å²) >= 11 is 0. The zero-order valence-electron chi connectivity index (χ0n) is 17.0. The van der Waals surface area contributed by atoms with Crippen molar-refractivity contribution in [3.63, 3.8) is 0 Å². The van der Waals surface area contributed by atoms with E-state index in [1.807, 2.05) is 7.05 Å². The van der Waals surface area contributed by atoms with E-state index in [0.717, 1.165) is 42.9 Å². The van der Waals surface area contributed by atoms with E-state index < -0.39 is 0 Å². The molecule has 7 heteroatoms. The smallest absolute Gasteiger partial charge is 0.191 e. The van der Waals surface area contributed by atoms with Gasteiger partial charge in [-0.15, -0.1) is 24.0 Å². The van der Waals surface area contributed by atoms with Gasteiger partial charge in [0.25, 0.3) is 0 Å². The Kier molecular flexibility index (Phi) is 7.56. The Morgan fingerprint density at radius 3 is 2.86 bits per heavy atom. The molecule has 1 unspecified atom stereocenters. The van der Waals surface area contributed by atoms with Crippen LogP contribution >= 0.6 is 24.0 Å². The fourth-order valence-electron chi connectivity index (χ4n) is 4.53. The molecule has 1 aliphatic carbocycles. The van der Waals surface area contributed by atoms with Crippen molar-refractivity contribution in [1.82, 2.24) is 24.9 Å². The summed E-state index contributed by atoms with van der Waals surface area (Å²) in [6.07, 6.45) is 11.9. The summed E-state index contributed by atoms with van der Waals surface area (Å²) in [6.45, 7) is 5.31. The van der Waals surface area contributed by atoms with E-state index in [2.05, 4.69) is 56.4 Å². The third-order valence-corrected chi connectivity index (χ3v) is 6.03. The maximum atomic E-state index is 4.75. The molecule has 1 aliphatic heterocycles. The number of halogens is 1. The Balaban J connectivity index is 0.00000225. The van der Waals surface area contributed by atoms with Crippen molar-refractivity contribution in [3.05, 3.63) is 35.8 Å². The lowest BCUT2D eigenvalue weighted by Crippen LogP contribution is -2.45. The molecule has 2 fully saturated rings. The minimum absolute atomic E-state index is 0. The van der Waals surface area contributed by atoms with Crippen LogP contribution in [0, 0.1) is 6.92 Å². The number of guanidine groups is 1. The molecule has 1 saturated carbocycles. The SMILES string of the molecule is CN=C(NCCc1cn2cccc(C)c2n1)NC1CCN(C2CCCC2)C1.I. The number of aryl methyl sites for hydroxylation is 1. The van der Waals surface area contributed by atoms with Gasteiger partial charge in [0, 0.05) is 57.6 Å². The zero-order valence-corrected chi connectivity index (χ0v) is 19.4. The van der Waals surface area contributed by atoms with Gasteiger partial charge >= 0.3 is 0 Å². The topological polar surface area (TPSA) is 57.0 Å². The number of aromatic nitrogens is 2. The maximum absolute atomic E-state index is 4.75. The molecule has 2 aromatic rings. The van der Waals surface area contributed by atoms with E-state index in [9.17, 15) is 0 Å². The van der Waals surface area contributed by atoms with E-state index in [0.29, 0.717) is 6.04 Å². The van der Waals surface area contributed by atoms with Gasteiger partial charge in [0.2, 0.25) is 0 Å². The average Bonchev–Trinajstić information content (AvgIpc) is 3.41. The molecule has 4 rings (SSSR count). The predicted molar refractivity (Wildman–Crippen MR) is 126 cm³/mol. The van der Waals surface area contributed by atoms with E-state index in [-0.39, 0.29) is 24.0 Å². The first-order valence-electron chi connectivity index (χ1n) is 10.4. The number of hydrogen-bond acceptors (Lipinski definition) is 3. The fraction of sp³-hybridized carbons (Fsp3) is 0.619. The highest BCUT2D eigenvalue weighted by atomic mass is 127. The molecule has 1 atom stereocenters. The van der Waals surface area contributed by atoms with Crippen molar-refractivity contribution in [2.75, 3.05) is 26.7 Å². The average molecular weight is 496 g/mol. The standard InChI is InChI=1S/C21H32N6.HI/c1-16-6-5-12-27-15-17(24-20(16)27)9-11-23-21(22-2)25-18-10-13-26(14-18)19-7-3-4-8-19;/h5-6,12,15,18-19H,3-4,7-11,13-14H2,1-2H3,(H2,22,23,25);1H. The molecule has 28 heavy (non-hydrogen) atoms. The van der Waals surface area contributed by atoms with Crippen LogP contribution in [0.3, 0.4) is 0 Å². The number of aliphatic imine (C=N–C) groups is 1. The van der Waals surface area contributed by atoms with Crippen LogP contribution < -0.4 is 10.6 Å². The van der Waals surface area contributed by atoms with Crippen LogP contribution in [0.5, 0.6) is 0 Å². The Hall–Kier alpha value is -1.35. The maximum Gasteiger partial charge on any atom is 0.191 e. The zero-order chi connectivity index (χ0) is 18.6. The molecule has 3 heterocycles. The second kappa shape index (κ2) is 9.91. The Bertz CT molecular complexity index is 795. The number of fused-ring (bicyclic) bond motifs is 1. The summed E-state index contributed by atoms with van der Waals surface area (Å²) in [5.41, 5.74) is 3.37. The molecule has 2 aliphatic rings. The van der Waals surface area contributed by atoms with Crippen molar-refractivity contribution in [2.45, 2.75) is 57.5 Å². The number of hydrogen-bond donors (Lipinski definition) is 2.